The van der Waals surface area contributed by atoms with Gasteiger partial charge in [-0.2, -0.15) is 0 Å². The van der Waals surface area contributed by atoms with Gasteiger partial charge in [0.1, 0.15) is 0 Å². The Morgan fingerprint density at radius 3 is 2.47 bits per heavy atom. The van der Waals surface area contributed by atoms with Gasteiger partial charge in [-0.3, -0.25) is 4.79 Å². The van der Waals surface area contributed by atoms with Crippen molar-refractivity contribution in [1.82, 2.24) is 5.32 Å². The van der Waals surface area contributed by atoms with Gasteiger partial charge in [0.05, 0.1) is 0 Å². The van der Waals surface area contributed by atoms with Gasteiger partial charge in [0, 0.05) is 18.5 Å². The van der Waals surface area contributed by atoms with E-state index in [1.165, 1.54) is 0 Å². The third kappa shape index (κ3) is 4.66. The fourth-order valence-electron chi connectivity index (χ4n) is 2.84. The van der Waals surface area contributed by atoms with Crippen LogP contribution in [0.3, 0.4) is 0 Å². The largest absolute Gasteiger partial charge is 0.356 e. The first-order valence-corrected chi connectivity index (χ1v) is 7.10. The van der Waals surface area contributed by atoms with E-state index in [9.17, 15) is 4.79 Å². The molecule has 3 heteroatoms. The predicted octanol–water partition coefficient (Wildman–Crippen LogP) is 2.30. The Kier molecular flexibility index (Phi) is 5.96. The molecule has 17 heavy (non-hydrogen) atoms. The van der Waals surface area contributed by atoms with Crippen molar-refractivity contribution in [2.75, 3.05) is 6.54 Å². The Bertz CT molecular complexity index is 228. The second kappa shape index (κ2) is 7.00. The van der Waals surface area contributed by atoms with Crippen molar-refractivity contribution in [2.45, 2.75) is 58.9 Å². The first-order chi connectivity index (χ1) is 8.06. The molecule has 3 atom stereocenters. The molecule has 1 saturated carbocycles. The number of carbonyl (C=O) groups is 1. The first-order valence-electron chi connectivity index (χ1n) is 7.10. The smallest absolute Gasteiger partial charge is 0.223 e. The summed E-state index contributed by atoms with van der Waals surface area (Å²) in [6, 6.07) is 0.211. The summed E-state index contributed by atoms with van der Waals surface area (Å²) < 4.78 is 0. The zero-order chi connectivity index (χ0) is 12.8. The number of nitrogens with two attached hydrogens (primary N) is 1. The topological polar surface area (TPSA) is 55.1 Å². The van der Waals surface area contributed by atoms with E-state index in [1.807, 2.05) is 0 Å². The van der Waals surface area contributed by atoms with Crippen molar-refractivity contribution in [3.8, 4) is 0 Å². The SMILES string of the molecule is CCC(CC)CNC(=O)C1CC(C)CC(N)C1. The van der Waals surface area contributed by atoms with Crippen LogP contribution in [0.4, 0.5) is 0 Å². The summed E-state index contributed by atoms with van der Waals surface area (Å²) in [6.45, 7) is 7.38. The molecule has 0 aromatic carbocycles. The maximum Gasteiger partial charge on any atom is 0.223 e. The van der Waals surface area contributed by atoms with E-state index in [2.05, 4.69) is 26.1 Å². The van der Waals surface area contributed by atoms with E-state index >= 15 is 0 Å². The van der Waals surface area contributed by atoms with E-state index in [4.69, 9.17) is 5.73 Å². The van der Waals surface area contributed by atoms with E-state index in [-0.39, 0.29) is 17.9 Å². The maximum absolute atomic E-state index is 12.1. The van der Waals surface area contributed by atoms with E-state index in [1.54, 1.807) is 0 Å². The molecule has 3 nitrogen and oxygen atoms in total. The van der Waals surface area contributed by atoms with Crippen LogP contribution in [0.25, 0.3) is 0 Å². The quantitative estimate of drug-likeness (QED) is 0.774. The van der Waals surface area contributed by atoms with Gasteiger partial charge in [0.2, 0.25) is 5.91 Å². The molecule has 0 radical (unpaired) electrons. The highest BCUT2D eigenvalue weighted by Crippen LogP contribution is 2.28. The molecule has 0 saturated heterocycles. The fraction of sp³-hybridized carbons (Fsp3) is 0.929. The zero-order valence-corrected chi connectivity index (χ0v) is 11.5. The van der Waals surface area contributed by atoms with Gasteiger partial charge in [-0.25, -0.2) is 0 Å². The summed E-state index contributed by atoms with van der Waals surface area (Å²) in [5.74, 6) is 1.57. The van der Waals surface area contributed by atoms with Crippen LogP contribution in [0.1, 0.15) is 52.9 Å². The molecular weight excluding hydrogens is 212 g/mol. The number of rotatable bonds is 5. The summed E-state index contributed by atoms with van der Waals surface area (Å²) in [5, 5.41) is 3.10. The molecule has 0 aromatic rings. The Morgan fingerprint density at radius 2 is 1.94 bits per heavy atom. The Labute approximate surface area is 106 Å². The van der Waals surface area contributed by atoms with Crippen molar-refractivity contribution < 1.29 is 4.79 Å². The van der Waals surface area contributed by atoms with Crippen LogP contribution in [-0.4, -0.2) is 18.5 Å². The molecule has 1 fully saturated rings. The molecule has 100 valence electrons. The van der Waals surface area contributed by atoms with Crippen LogP contribution < -0.4 is 11.1 Å². The van der Waals surface area contributed by atoms with Gasteiger partial charge >= 0.3 is 0 Å². The van der Waals surface area contributed by atoms with Gasteiger partial charge in [-0.15, -0.1) is 0 Å². The third-order valence-electron chi connectivity index (χ3n) is 4.07. The monoisotopic (exact) mass is 240 g/mol. The molecule has 1 aliphatic carbocycles. The van der Waals surface area contributed by atoms with Crippen molar-refractivity contribution in [3.63, 3.8) is 0 Å². The standard InChI is InChI=1S/C14H28N2O/c1-4-11(5-2)9-16-14(17)12-6-10(3)7-13(15)8-12/h10-13H,4-9,15H2,1-3H3,(H,16,17). The zero-order valence-electron chi connectivity index (χ0n) is 11.5. The lowest BCUT2D eigenvalue weighted by Gasteiger charge is -2.30. The van der Waals surface area contributed by atoms with Crippen LogP contribution in [0.15, 0.2) is 0 Å². The lowest BCUT2D eigenvalue weighted by molar-refractivity contribution is -0.126. The third-order valence-corrected chi connectivity index (χ3v) is 4.07. The minimum atomic E-state index is 0.142. The normalized spacial score (nSPS) is 29.4. The molecule has 1 amide bonds. The molecule has 0 heterocycles. The van der Waals surface area contributed by atoms with Crippen molar-refractivity contribution in [3.05, 3.63) is 0 Å². The average molecular weight is 240 g/mol. The molecule has 0 aliphatic heterocycles. The Hall–Kier alpha value is -0.570. The van der Waals surface area contributed by atoms with Crippen LogP contribution in [0, 0.1) is 17.8 Å². The molecule has 0 spiro atoms. The minimum absolute atomic E-state index is 0.142. The second-order valence-corrected chi connectivity index (χ2v) is 5.70. The molecule has 0 aromatic heterocycles. The van der Waals surface area contributed by atoms with Crippen LogP contribution in [0.5, 0.6) is 0 Å². The lowest BCUT2D eigenvalue weighted by atomic mass is 9.79. The van der Waals surface area contributed by atoms with Crippen molar-refractivity contribution in [1.29, 1.82) is 0 Å². The van der Waals surface area contributed by atoms with Crippen molar-refractivity contribution >= 4 is 5.91 Å². The highest BCUT2D eigenvalue weighted by atomic mass is 16.1. The predicted molar refractivity (Wildman–Crippen MR) is 71.6 cm³/mol. The highest BCUT2D eigenvalue weighted by Gasteiger charge is 2.29. The van der Waals surface area contributed by atoms with Crippen LogP contribution >= 0.6 is 0 Å². The lowest BCUT2D eigenvalue weighted by Crippen LogP contribution is -2.41. The number of hydrogen-bond acceptors (Lipinski definition) is 2. The van der Waals surface area contributed by atoms with Gasteiger partial charge in [-0.1, -0.05) is 33.6 Å². The molecule has 0 bridgehead atoms. The molecule has 1 aliphatic rings. The Morgan fingerprint density at radius 1 is 1.29 bits per heavy atom. The Balaban J connectivity index is 2.36. The summed E-state index contributed by atoms with van der Waals surface area (Å²) in [5.41, 5.74) is 5.98. The van der Waals surface area contributed by atoms with Gasteiger partial charge in [-0.05, 0) is 31.1 Å². The van der Waals surface area contributed by atoms with Crippen LogP contribution in [0.2, 0.25) is 0 Å². The molecule has 3 N–H and O–H groups in total. The maximum atomic E-state index is 12.1. The molecule has 3 unspecified atom stereocenters. The summed E-state index contributed by atoms with van der Waals surface area (Å²) in [6.07, 6.45) is 5.20. The van der Waals surface area contributed by atoms with Gasteiger partial charge in [0.25, 0.3) is 0 Å². The first kappa shape index (κ1) is 14.5. The summed E-state index contributed by atoms with van der Waals surface area (Å²) in [7, 11) is 0. The number of hydrogen-bond donors (Lipinski definition) is 2. The summed E-state index contributed by atoms with van der Waals surface area (Å²) in [4.78, 5) is 12.1. The fourth-order valence-corrected chi connectivity index (χ4v) is 2.84. The second-order valence-electron chi connectivity index (χ2n) is 5.70. The van der Waals surface area contributed by atoms with Gasteiger partial charge < -0.3 is 11.1 Å². The van der Waals surface area contributed by atoms with E-state index in [0.717, 1.165) is 38.6 Å². The van der Waals surface area contributed by atoms with Gasteiger partial charge in [0.15, 0.2) is 0 Å². The molecular formula is C14H28N2O. The van der Waals surface area contributed by atoms with Crippen LogP contribution in [-0.2, 0) is 4.79 Å². The number of nitrogens with one attached hydrogen (secondary N) is 1. The number of carbonyl (C=O) groups excluding carboxylic acids is 1. The average Bonchev–Trinajstić information content (AvgIpc) is 2.28. The minimum Gasteiger partial charge on any atom is -0.356 e. The van der Waals surface area contributed by atoms with Crippen molar-refractivity contribution in [2.24, 2.45) is 23.5 Å². The van der Waals surface area contributed by atoms with E-state index < -0.39 is 0 Å². The number of amides is 1. The summed E-state index contributed by atoms with van der Waals surface area (Å²) >= 11 is 0. The molecule has 1 rings (SSSR count). The highest BCUT2D eigenvalue weighted by molar-refractivity contribution is 5.78. The van der Waals surface area contributed by atoms with E-state index in [0.29, 0.717) is 11.8 Å².